The van der Waals surface area contributed by atoms with Crippen molar-refractivity contribution in [3.63, 3.8) is 0 Å². The molecule has 24 heavy (non-hydrogen) atoms. The third-order valence-corrected chi connectivity index (χ3v) is 5.32. The highest BCUT2D eigenvalue weighted by Gasteiger charge is 2.54. The smallest absolute Gasteiger partial charge is 0.269 e. The van der Waals surface area contributed by atoms with Crippen molar-refractivity contribution in [2.24, 2.45) is 10.3 Å². The molecule has 8 nitrogen and oxygen atoms in total. The number of morpholine rings is 1. The molecule has 8 heteroatoms. The summed E-state index contributed by atoms with van der Waals surface area (Å²) < 4.78 is 5.52. The maximum absolute atomic E-state index is 10.9. The average Bonchev–Trinajstić information content (AvgIpc) is 3.03. The van der Waals surface area contributed by atoms with Gasteiger partial charge in [0.25, 0.3) is 5.69 Å². The molecule has 0 bridgehead atoms. The number of hydrogen-bond acceptors (Lipinski definition) is 7. The number of nitro benzene ring substituents is 1. The van der Waals surface area contributed by atoms with Gasteiger partial charge in [-0.05, 0) is 31.4 Å². The quantitative estimate of drug-likeness (QED) is 0.628. The molecule has 128 valence electrons. The molecule has 4 rings (SSSR count). The highest BCUT2D eigenvalue weighted by molar-refractivity contribution is 5.53. The van der Waals surface area contributed by atoms with Crippen LogP contribution >= 0.6 is 0 Å². The fraction of sp³-hybridized carbons (Fsp3) is 0.625. The predicted octanol–water partition coefficient (Wildman–Crippen LogP) is 2.75. The third kappa shape index (κ3) is 2.37. The summed E-state index contributed by atoms with van der Waals surface area (Å²) in [6, 6.07) is 6.77. The fourth-order valence-corrected chi connectivity index (χ4v) is 4.15. The van der Waals surface area contributed by atoms with E-state index in [1.54, 1.807) is 12.1 Å². The Morgan fingerprint density at radius 3 is 2.67 bits per heavy atom. The molecular weight excluding hydrogens is 310 g/mol. The first-order valence-electron chi connectivity index (χ1n) is 8.50. The van der Waals surface area contributed by atoms with Crippen LogP contribution in [-0.4, -0.2) is 47.8 Å². The summed E-state index contributed by atoms with van der Waals surface area (Å²) in [7, 11) is 0. The first-order chi connectivity index (χ1) is 11.7. The molecule has 2 unspecified atom stereocenters. The van der Waals surface area contributed by atoms with Crippen LogP contribution in [-0.2, 0) is 4.74 Å². The Balaban J connectivity index is 1.69. The Bertz CT molecular complexity index is 644. The Hall–Kier alpha value is -2.06. The number of non-ortho nitro benzene ring substituents is 1. The monoisotopic (exact) mass is 331 g/mol. The van der Waals surface area contributed by atoms with E-state index in [0.29, 0.717) is 0 Å². The third-order valence-electron chi connectivity index (χ3n) is 5.32. The van der Waals surface area contributed by atoms with Gasteiger partial charge in [0.2, 0.25) is 0 Å². The van der Waals surface area contributed by atoms with Crippen molar-refractivity contribution in [3.8, 4) is 0 Å². The maximum Gasteiger partial charge on any atom is 0.269 e. The summed E-state index contributed by atoms with van der Waals surface area (Å²) >= 11 is 0. The Morgan fingerprint density at radius 1 is 1.21 bits per heavy atom. The van der Waals surface area contributed by atoms with Crippen LogP contribution in [0.5, 0.6) is 0 Å². The van der Waals surface area contributed by atoms with Crippen LogP contribution in [0, 0.1) is 10.1 Å². The van der Waals surface area contributed by atoms with Crippen LogP contribution in [0.3, 0.4) is 0 Å². The Kier molecular flexibility index (Phi) is 3.93. The van der Waals surface area contributed by atoms with Crippen molar-refractivity contribution in [2.45, 2.75) is 37.4 Å². The second-order valence-electron chi connectivity index (χ2n) is 6.53. The van der Waals surface area contributed by atoms with Crippen LogP contribution in [0.4, 0.5) is 11.4 Å². The molecule has 2 aliphatic heterocycles. The maximum atomic E-state index is 10.9. The van der Waals surface area contributed by atoms with Crippen molar-refractivity contribution < 1.29 is 9.66 Å². The zero-order chi connectivity index (χ0) is 16.6. The lowest BCUT2D eigenvalue weighted by Gasteiger charge is -2.51. The molecule has 2 atom stereocenters. The molecule has 1 aliphatic carbocycles. The van der Waals surface area contributed by atoms with Crippen LogP contribution in [0.15, 0.2) is 34.6 Å². The van der Waals surface area contributed by atoms with Gasteiger partial charge in [0.05, 0.1) is 23.8 Å². The summed E-state index contributed by atoms with van der Waals surface area (Å²) in [5.74, 6) is 0. The van der Waals surface area contributed by atoms with Gasteiger partial charge in [-0.15, -0.1) is 0 Å². The standard InChI is InChI=1S/C16H21N5O3/c22-21(23)14-6-4-13(5-7-14)20-16(19-9-11-24-12-10-19)8-2-1-3-15(16)17-18-20/h4-7,15H,1-3,8-12H2. The van der Waals surface area contributed by atoms with E-state index < -0.39 is 0 Å². The van der Waals surface area contributed by atoms with Gasteiger partial charge in [-0.1, -0.05) is 11.6 Å². The molecule has 1 aromatic rings. The van der Waals surface area contributed by atoms with Gasteiger partial charge in [0, 0.05) is 25.2 Å². The highest BCUT2D eigenvalue weighted by atomic mass is 16.6. The molecule has 2 fully saturated rings. The van der Waals surface area contributed by atoms with Crippen molar-refractivity contribution in [3.05, 3.63) is 34.4 Å². The van der Waals surface area contributed by atoms with E-state index in [9.17, 15) is 10.1 Å². The van der Waals surface area contributed by atoms with Crippen molar-refractivity contribution in [1.82, 2.24) is 4.90 Å². The normalized spacial score (nSPS) is 30.3. The topological polar surface area (TPSA) is 83.6 Å². The van der Waals surface area contributed by atoms with Gasteiger partial charge in [0.1, 0.15) is 11.7 Å². The highest BCUT2D eigenvalue weighted by Crippen LogP contribution is 2.45. The molecule has 1 saturated carbocycles. The van der Waals surface area contributed by atoms with E-state index in [0.717, 1.165) is 51.3 Å². The number of nitro groups is 1. The van der Waals surface area contributed by atoms with E-state index in [1.165, 1.54) is 18.6 Å². The number of anilines is 1. The SMILES string of the molecule is O=[N+]([O-])c1ccc(N2N=NC3CCCCC32N2CCOCC2)cc1. The molecule has 0 radical (unpaired) electrons. The minimum Gasteiger partial charge on any atom is -0.379 e. The zero-order valence-electron chi connectivity index (χ0n) is 13.5. The van der Waals surface area contributed by atoms with Crippen LogP contribution in [0.25, 0.3) is 0 Å². The summed E-state index contributed by atoms with van der Waals surface area (Å²) in [6.07, 6.45) is 4.35. The number of hydrogen-bond donors (Lipinski definition) is 0. The molecule has 1 aromatic carbocycles. The van der Waals surface area contributed by atoms with Gasteiger partial charge in [0.15, 0.2) is 0 Å². The first-order valence-corrected chi connectivity index (χ1v) is 8.50. The minimum atomic E-state index is -0.379. The molecule has 0 amide bonds. The lowest BCUT2D eigenvalue weighted by atomic mass is 9.82. The first kappa shape index (κ1) is 15.5. The Labute approximate surface area is 140 Å². The second-order valence-corrected chi connectivity index (χ2v) is 6.53. The van der Waals surface area contributed by atoms with Crippen molar-refractivity contribution >= 4 is 11.4 Å². The van der Waals surface area contributed by atoms with Gasteiger partial charge in [-0.25, -0.2) is 5.01 Å². The summed E-state index contributed by atoms with van der Waals surface area (Å²) in [5.41, 5.74) is 0.703. The minimum absolute atomic E-state index is 0.0931. The van der Waals surface area contributed by atoms with Crippen molar-refractivity contribution in [2.75, 3.05) is 31.3 Å². The number of ether oxygens (including phenoxy) is 1. The summed E-state index contributed by atoms with van der Waals surface area (Å²) in [5, 5.41) is 21.9. The second kappa shape index (κ2) is 6.10. The van der Waals surface area contributed by atoms with E-state index >= 15 is 0 Å². The van der Waals surface area contributed by atoms with Gasteiger partial charge in [-0.3, -0.25) is 15.0 Å². The van der Waals surface area contributed by atoms with E-state index in [1.807, 2.05) is 5.01 Å². The van der Waals surface area contributed by atoms with Gasteiger partial charge >= 0.3 is 0 Å². The number of benzene rings is 1. The predicted molar refractivity (Wildman–Crippen MR) is 87.8 cm³/mol. The van der Waals surface area contributed by atoms with Crippen LogP contribution < -0.4 is 5.01 Å². The summed E-state index contributed by atoms with van der Waals surface area (Å²) in [6.45, 7) is 3.18. The fourth-order valence-electron chi connectivity index (χ4n) is 4.15. The molecule has 3 aliphatic rings. The number of rotatable bonds is 3. The van der Waals surface area contributed by atoms with Crippen LogP contribution in [0.2, 0.25) is 0 Å². The molecule has 0 N–H and O–H groups in total. The zero-order valence-corrected chi connectivity index (χ0v) is 13.5. The molecule has 1 saturated heterocycles. The van der Waals surface area contributed by atoms with E-state index in [2.05, 4.69) is 15.2 Å². The lowest BCUT2D eigenvalue weighted by molar-refractivity contribution is -0.384. The molecule has 2 heterocycles. The number of nitrogens with zero attached hydrogens (tertiary/aromatic N) is 5. The Morgan fingerprint density at radius 2 is 1.96 bits per heavy atom. The lowest BCUT2D eigenvalue weighted by Crippen LogP contribution is -2.66. The van der Waals surface area contributed by atoms with Crippen molar-refractivity contribution in [1.29, 1.82) is 0 Å². The van der Waals surface area contributed by atoms with Crippen LogP contribution in [0.1, 0.15) is 25.7 Å². The molecular formula is C16H21N5O3. The average molecular weight is 331 g/mol. The van der Waals surface area contributed by atoms with Gasteiger partial charge in [-0.2, -0.15) is 5.11 Å². The summed E-state index contributed by atoms with van der Waals surface area (Å²) in [4.78, 5) is 13.0. The molecule has 0 aromatic heterocycles. The largest absolute Gasteiger partial charge is 0.379 e. The number of fused-ring (bicyclic) bond motifs is 1. The van der Waals surface area contributed by atoms with E-state index in [4.69, 9.17) is 4.74 Å². The van der Waals surface area contributed by atoms with Gasteiger partial charge < -0.3 is 4.74 Å². The molecule has 0 spiro atoms. The van der Waals surface area contributed by atoms with E-state index in [-0.39, 0.29) is 22.3 Å².